The molecule has 0 unspecified atom stereocenters. The van der Waals surface area contributed by atoms with Crippen molar-refractivity contribution in [1.29, 1.82) is 0 Å². The van der Waals surface area contributed by atoms with Crippen LogP contribution in [-0.4, -0.2) is 12.3 Å². The normalized spacial score (nSPS) is 15.3. The van der Waals surface area contributed by atoms with Gasteiger partial charge in [-0.05, 0) is 0 Å². The summed E-state index contributed by atoms with van der Waals surface area (Å²) in [4.78, 5) is 0. The average molecular weight is 416 g/mol. The van der Waals surface area contributed by atoms with Gasteiger partial charge in [0.1, 0.15) is 0 Å². The van der Waals surface area contributed by atoms with Gasteiger partial charge in [-0.2, -0.15) is 0 Å². The van der Waals surface area contributed by atoms with E-state index >= 15 is 0 Å². The molecular formula is C10H16N3U. The first-order chi connectivity index (χ1) is 6.35. The molecule has 1 aromatic carbocycles. The maximum atomic E-state index is 4.31. The van der Waals surface area contributed by atoms with Gasteiger partial charge in [0.15, 0.2) is 0 Å². The standard InChI is InChI=1S/C6H4N3.4CH3.U/c1-2-4-6-5(3-1)7-9-8-6;;;;;/h1-4H;4*1H3;/q-1;;;;;+1. The van der Waals surface area contributed by atoms with Crippen LogP contribution in [0.15, 0.2) is 24.3 Å². The zero-order valence-electron chi connectivity index (χ0n) is 9.15. The van der Waals surface area contributed by atoms with Crippen molar-refractivity contribution in [3.63, 3.8) is 0 Å². The first-order valence-electron chi connectivity index (χ1n) is 4.90. The van der Waals surface area contributed by atoms with Crippen LogP contribution in [0.25, 0.3) is 11.0 Å². The Kier molecular flexibility index (Phi) is 2.07. The molecule has 4 heteroatoms. The quantitative estimate of drug-likeness (QED) is 0.716. The van der Waals surface area contributed by atoms with Crippen molar-refractivity contribution in [2.24, 2.45) is 0 Å². The molecule has 0 aliphatic carbocycles. The summed E-state index contributed by atoms with van der Waals surface area (Å²) in [5.74, 6) is 0. The summed E-state index contributed by atoms with van der Waals surface area (Å²) in [6.07, 6.45) is 0. The van der Waals surface area contributed by atoms with E-state index < -0.39 is 23.0 Å². The molecule has 0 aliphatic heterocycles. The molecule has 3 nitrogen and oxygen atoms in total. The van der Waals surface area contributed by atoms with Crippen molar-refractivity contribution in [2.75, 3.05) is 0 Å². The average Bonchev–Trinajstić information content (AvgIpc) is 2.44. The van der Waals surface area contributed by atoms with E-state index in [0.29, 0.717) is 0 Å². The monoisotopic (exact) mass is 416 g/mol. The Balaban J connectivity index is 2.77. The second kappa shape index (κ2) is 2.84. The van der Waals surface area contributed by atoms with E-state index in [-0.39, 0.29) is 0 Å². The minimum absolute atomic E-state index is 1.00. The van der Waals surface area contributed by atoms with Gasteiger partial charge in [0.2, 0.25) is 0 Å². The number of aromatic nitrogens is 3. The Morgan fingerprint density at radius 3 is 2.36 bits per heavy atom. The van der Waals surface area contributed by atoms with E-state index in [1.54, 1.807) is 0 Å². The van der Waals surface area contributed by atoms with Crippen LogP contribution in [-0.2, 0) is 0 Å². The van der Waals surface area contributed by atoms with Crippen LogP contribution in [0.1, 0.15) is 0 Å². The maximum absolute atomic E-state index is 4.31. The summed E-state index contributed by atoms with van der Waals surface area (Å²) < 4.78 is 11.7. The molecule has 0 N–H and O–H groups in total. The van der Waals surface area contributed by atoms with E-state index in [9.17, 15) is 0 Å². The summed E-state index contributed by atoms with van der Waals surface area (Å²) in [6.45, 7) is 0. The fourth-order valence-electron chi connectivity index (χ4n) is 1.53. The van der Waals surface area contributed by atoms with Crippen molar-refractivity contribution >= 4 is 11.0 Å². The van der Waals surface area contributed by atoms with Gasteiger partial charge in [-0.3, -0.25) is 0 Å². The predicted octanol–water partition coefficient (Wildman–Crippen LogP) is 3.08. The first-order valence-corrected chi connectivity index (χ1v) is 23.4. The molecule has 0 bridgehead atoms. The third kappa shape index (κ3) is 1.74. The molecule has 2 aromatic rings. The summed E-state index contributed by atoms with van der Waals surface area (Å²) in [6, 6.07) is 8.17. The molecule has 14 heavy (non-hydrogen) atoms. The summed E-state index contributed by atoms with van der Waals surface area (Å²) >= 11 is -2.92. The zero-order valence-corrected chi connectivity index (χ0v) is 13.3. The van der Waals surface area contributed by atoms with Crippen molar-refractivity contribution < 1.29 is 23.0 Å². The van der Waals surface area contributed by atoms with E-state index in [4.69, 9.17) is 0 Å². The molecule has 1 heterocycles. The molecule has 0 aliphatic rings. The fourth-order valence-corrected chi connectivity index (χ4v) is 8.00. The van der Waals surface area contributed by atoms with Crippen LogP contribution in [0.3, 0.4) is 0 Å². The minimum atomic E-state index is -2.92. The molecule has 0 fully saturated rings. The van der Waals surface area contributed by atoms with Gasteiger partial charge in [-0.15, -0.1) is 0 Å². The van der Waals surface area contributed by atoms with E-state index in [1.807, 2.05) is 18.2 Å². The van der Waals surface area contributed by atoms with E-state index in [0.717, 1.165) is 5.52 Å². The second-order valence-corrected chi connectivity index (χ2v) is 40.1. The third-order valence-electron chi connectivity index (χ3n) is 2.20. The van der Waals surface area contributed by atoms with E-state index in [2.05, 4.69) is 34.2 Å². The van der Waals surface area contributed by atoms with E-state index in [1.165, 1.54) is 5.52 Å². The number of hydrogen-bond acceptors (Lipinski definition) is 2. The Bertz CT molecular complexity index is 469. The number of benzene rings is 1. The first kappa shape index (κ1) is 10.2. The molecule has 0 radical (unpaired) electrons. The van der Waals surface area contributed by atoms with Crippen molar-refractivity contribution in [1.82, 2.24) is 12.3 Å². The number of hydrogen-bond donors (Lipinski definition) is 0. The van der Waals surface area contributed by atoms with Gasteiger partial charge in [-0.1, -0.05) is 0 Å². The Hall–Kier alpha value is -0.328. The third-order valence-corrected chi connectivity index (χ3v) is 10.6. The molecule has 0 amide bonds. The van der Waals surface area contributed by atoms with Crippen LogP contribution < -0.4 is 0 Å². The van der Waals surface area contributed by atoms with Crippen LogP contribution in [0.4, 0.5) is 0 Å². The SMILES string of the molecule is [CH3][U]([CH3])([CH3])([CH3])[n]1nnc2ccccc21. The molecule has 2 rings (SSSR count). The van der Waals surface area contributed by atoms with Gasteiger partial charge >= 0.3 is 86.4 Å². The Morgan fingerprint density at radius 2 is 1.71 bits per heavy atom. The molecule has 0 saturated heterocycles. The fraction of sp³-hybridized carbons (Fsp3) is 0.400. The molecule has 0 atom stereocenters. The van der Waals surface area contributed by atoms with Crippen LogP contribution in [0.5, 0.6) is 0 Å². The van der Waals surface area contributed by atoms with Crippen molar-refractivity contribution in [2.45, 2.75) is 15.8 Å². The molecule has 1 aromatic heterocycles. The Labute approximate surface area is 86.0 Å². The molecule has 0 spiro atoms. The van der Waals surface area contributed by atoms with Crippen LogP contribution >= 0.6 is 0 Å². The number of fused-ring (bicyclic) bond motifs is 1. The summed E-state index contributed by atoms with van der Waals surface area (Å²) in [7, 11) is 0. The van der Waals surface area contributed by atoms with Crippen molar-refractivity contribution in [3.8, 4) is 0 Å². The molecule has 75 valence electrons. The summed E-state index contributed by atoms with van der Waals surface area (Å²) in [5.41, 5.74) is 2.19. The van der Waals surface area contributed by atoms with Crippen LogP contribution in [0, 0.1) is 23.0 Å². The number of para-hydroxylation sites is 1. The topological polar surface area (TPSA) is 30.7 Å². The van der Waals surface area contributed by atoms with Gasteiger partial charge in [-0.25, -0.2) is 0 Å². The van der Waals surface area contributed by atoms with Gasteiger partial charge < -0.3 is 0 Å². The Morgan fingerprint density at radius 1 is 1.07 bits per heavy atom. The zero-order chi connectivity index (χ0) is 10.4. The van der Waals surface area contributed by atoms with Crippen molar-refractivity contribution in [3.05, 3.63) is 24.3 Å². The second-order valence-electron chi connectivity index (χ2n) is 5.88. The van der Waals surface area contributed by atoms with Gasteiger partial charge in [0, 0.05) is 0 Å². The van der Waals surface area contributed by atoms with Gasteiger partial charge in [0.25, 0.3) is 0 Å². The molecule has 0 saturated carbocycles. The molecular weight excluding hydrogens is 400 g/mol. The predicted molar refractivity (Wildman–Crippen MR) is 56.4 cm³/mol. The van der Waals surface area contributed by atoms with Gasteiger partial charge in [0.05, 0.1) is 0 Å². The van der Waals surface area contributed by atoms with Crippen LogP contribution in [0.2, 0.25) is 15.8 Å². The summed E-state index contributed by atoms with van der Waals surface area (Å²) in [5, 5.41) is 8.50. The number of rotatable bonds is 1. The number of nitrogens with zero attached hydrogens (tertiary/aromatic N) is 3.